The van der Waals surface area contributed by atoms with Crippen molar-refractivity contribution in [2.75, 3.05) is 14.1 Å². The van der Waals surface area contributed by atoms with Crippen molar-refractivity contribution in [2.24, 2.45) is 5.41 Å². The zero-order valence-corrected chi connectivity index (χ0v) is 11.6. The van der Waals surface area contributed by atoms with Gasteiger partial charge in [0.2, 0.25) is 0 Å². The number of hydrogen-bond acceptors (Lipinski definition) is 1. The van der Waals surface area contributed by atoms with Crippen LogP contribution in [0.3, 0.4) is 0 Å². The summed E-state index contributed by atoms with van der Waals surface area (Å²) < 4.78 is 0. The molecule has 0 saturated heterocycles. The maximum absolute atomic E-state index is 12.4. The SMILES string of the molecule is C[NH+](C)[C@@H](Cc1ccccc1)C(=O)C(C)(C)C. The first kappa shape index (κ1) is 13.9. The molecule has 0 unspecified atom stereocenters. The third-order valence-corrected chi connectivity index (χ3v) is 3.04. The quantitative estimate of drug-likeness (QED) is 0.834. The number of hydrogen-bond donors (Lipinski definition) is 1. The Hall–Kier alpha value is -1.15. The first-order chi connectivity index (χ1) is 7.82. The fourth-order valence-corrected chi connectivity index (χ4v) is 1.93. The van der Waals surface area contributed by atoms with Gasteiger partial charge in [-0.15, -0.1) is 0 Å². The zero-order valence-electron chi connectivity index (χ0n) is 11.6. The van der Waals surface area contributed by atoms with Crippen LogP contribution in [0.2, 0.25) is 0 Å². The second-order valence-corrected chi connectivity index (χ2v) is 5.93. The molecule has 0 aliphatic carbocycles. The molecule has 0 radical (unpaired) electrons. The lowest BCUT2D eigenvalue weighted by Crippen LogP contribution is -3.11. The Bertz CT molecular complexity index is 362. The van der Waals surface area contributed by atoms with Gasteiger partial charge in [0.05, 0.1) is 14.1 Å². The molecule has 17 heavy (non-hydrogen) atoms. The molecule has 0 aliphatic heterocycles. The molecular formula is C15H24NO+. The Morgan fingerprint density at radius 3 is 2.12 bits per heavy atom. The van der Waals surface area contributed by atoms with Crippen LogP contribution in [-0.2, 0) is 11.2 Å². The topological polar surface area (TPSA) is 21.5 Å². The standard InChI is InChI=1S/C15H23NO/c1-15(2,3)14(17)13(16(4)5)11-12-9-7-6-8-10-12/h6-10,13H,11H2,1-5H3/p+1/t13-/m0/s1. The van der Waals surface area contributed by atoms with E-state index in [0.29, 0.717) is 5.78 Å². The highest BCUT2D eigenvalue weighted by atomic mass is 16.1. The van der Waals surface area contributed by atoms with Crippen molar-refractivity contribution < 1.29 is 9.69 Å². The molecule has 2 nitrogen and oxygen atoms in total. The third-order valence-electron chi connectivity index (χ3n) is 3.04. The molecule has 0 aromatic heterocycles. The minimum absolute atomic E-state index is 0.0393. The minimum atomic E-state index is -0.267. The summed E-state index contributed by atoms with van der Waals surface area (Å²) >= 11 is 0. The number of rotatable bonds is 4. The van der Waals surface area contributed by atoms with Crippen molar-refractivity contribution in [2.45, 2.75) is 33.2 Å². The van der Waals surface area contributed by atoms with Gasteiger partial charge in [0.25, 0.3) is 0 Å². The lowest BCUT2D eigenvalue weighted by atomic mass is 9.84. The number of quaternary nitrogens is 1. The van der Waals surface area contributed by atoms with E-state index in [2.05, 4.69) is 26.2 Å². The Balaban J connectivity index is 2.85. The van der Waals surface area contributed by atoms with Crippen LogP contribution >= 0.6 is 0 Å². The Morgan fingerprint density at radius 1 is 1.18 bits per heavy atom. The molecule has 1 aromatic carbocycles. The fourth-order valence-electron chi connectivity index (χ4n) is 1.93. The number of nitrogens with one attached hydrogen (secondary N) is 1. The molecule has 0 bridgehead atoms. The van der Waals surface area contributed by atoms with Crippen LogP contribution in [0.5, 0.6) is 0 Å². The molecular weight excluding hydrogens is 210 g/mol. The van der Waals surface area contributed by atoms with E-state index in [1.165, 1.54) is 10.5 Å². The summed E-state index contributed by atoms with van der Waals surface area (Å²) in [5.74, 6) is 0.335. The van der Waals surface area contributed by atoms with Gasteiger partial charge in [0.1, 0.15) is 0 Å². The van der Waals surface area contributed by atoms with Crippen molar-refractivity contribution in [3.8, 4) is 0 Å². The number of carbonyl (C=O) groups excluding carboxylic acids is 1. The second kappa shape index (κ2) is 5.46. The highest BCUT2D eigenvalue weighted by molar-refractivity contribution is 5.87. The maximum atomic E-state index is 12.4. The van der Waals surface area contributed by atoms with Crippen LogP contribution in [-0.4, -0.2) is 25.9 Å². The molecule has 0 heterocycles. The number of carbonyl (C=O) groups is 1. The van der Waals surface area contributed by atoms with Crippen LogP contribution in [0, 0.1) is 5.41 Å². The van der Waals surface area contributed by atoms with Crippen LogP contribution in [0.1, 0.15) is 26.3 Å². The van der Waals surface area contributed by atoms with E-state index < -0.39 is 0 Å². The molecule has 1 rings (SSSR count). The average Bonchev–Trinajstić information content (AvgIpc) is 2.24. The molecule has 1 N–H and O–H groups in total. The second-order valence-electron chi connectivity index (χ2n) is 5.93. The molecule has 1 atom stereocenters. The monoisotopic (exact) mass is 234 g/mol. The van der Waals surface area contributed by atoms with E-state index in [9.17, 15) is 4.79 Å². The predicted octanol–water partition coefficient (Wildman–Crippen LogP) is 1.36. The van der Waals surface area contributed by atoms with E-state index in [0.717, 1.165) is 6.42 Å². The highest BCUT2D eigenvalue weighted by Gasteiger charge is 2.33. The van der Waals surface area contributed by atoms with Crippen molar-refractivity contribution in [3.05, 3.63) is 35.9 Å². The van der Waals surface area contributed by atoms with Gasteiger partial charge in [-0.05, 0) is 5.56 Å². The molecule has 0 spiro atoms. The van der Waals surface area contributed by atoms with Crippen LogP contribution in [0.25, 0.3) is 0 Å². The largest absolute Gasteiger partial charge is 0.331 e. The van der Waals surface area contributed by atoms with Gasteiger partial charge >= 0.3 is 0 Å². The number of likely N-dealkylation sites (N-methyl/N-ethyl adjacent to an activating group) is 1. The van der Waals surface area contributed by atoms with E-state index in [1.54, 1.807) is 0 Å². The van der Waals surface area contributed by atoms with Crippen LogP contribution < -0.4 is 4.90 Å². The zero-order chi connectivity index (χ0) is 13.1. The average molecular weight is 234 g/mol. The van der Waals surface area contributed by atoms with E-state index in [1.807, 2.05) is 39.0 Å². The summed E-state index contributed by atoms with van der Waals surface area (Å²) in [4.78, 5) is 13.6. The lowest BCUT2D eigenvalue weighted by Gasteiger charge is -2.27. The first-order valence-electron chi connectivity index (χ1n) is 6.20. The summed E-state index contributed by atoms with van der Waals surface area (Å²) in [6, 6.07) is 10.3. The molecule has 0 amide bonds. The van der Waals surface area contributed by atoms with Gasteiger partial charge in [-0.1, -0.05) is 51.1 Å². The third kappa shape index (κ3) is 3.97. The minimum Gasteiger partial charge on any atom is -0.331 e. The number of ketones is 1. The van der Waals surface area contributed by atoms with Gasteiger partial charge < -0.3 is 4.90 Å². The van der Waals surface area contributed by atoms with Gasteiger partial charge in [-0.3, -0.25) is 4.79 Å². The Morgan fingerprint density at radius 2 is 1.71 bits per heavy atom. The molecule has 0 fully saturated rings. The summed E-state index contributed by atoms with van der Waals surface area (Å²) in [5, 5.41) is 0. The van der Waals surface area contributed by atoms with E-state index in [4.69, 9.17) is 0 Å². The molecule has 2 heteroatoms. The summed E-state index contributed by atoms with van der Waals surface area (Å²) in [6.07, 6.45) is 0.819. The van der Waals surface area contributed by atoms with Crippen molar-refractivity contribution in [1.82, 2.24) is 0 Å². The maximum Gasteiger partial charge on any atom is 0.195 e. The Labute approximate surface area is 105 Å². The lowest BCUT2D eigenvalue weighted by molar-refractivity contribution is -0.875. The van der Waals surface area contributed by atoms with E-state index >= 15 is 0 Å². The van der Waals surface area contributed by atoms with Gasteiger partial charge in [0, 0.05) is 11.8 Å². The smallest absolute Gasteiger partial charge is 0.195 e. The number of Topliss-reactive ketones (excluding diaryl/α,β-unsaturated/α-hetero) is 1. The first-order valence-corrected chi connectivity index (χ1v) is 6.20. The summed E-state index contributed by atoms with van der Waals surface area (Å²) in [5.41, 5.74) is 0.966. The summed E-state index contributed by atoms with van der Waals surface area (Å²) in [6.45, 7) is 5.99. The Kier molecular flexibility index (Phi) is 4.47. The molecule has 0 saturated carbocycles. The predicted molar refractivity (Wildman–Crippen MR) is 71.2 cm³/mol. The van der Waals surface area contributed by atoms with Crippen molar-refractivity contribution >= 4 is 5.78 Å². The van der Waals surface area contributed by atoms with Gasteiger partial charge in [0.15, 0.2) is 11.8 Å². The van der Waals surface area contributed by atoms with Crippen molar-refractivity contribution in [3.63, 3.8) is 0 Å². The van der Waals surface area contributed by atoms with Gasteiger partial charge in [-0.2, -0.15) is 0 Å². The highest BCUT2D eigenvalue weighted by Crippen LogP contribution is 2.17. The van der Waals surface area contributed by atoms with Gasteiger partial charge in [-0.25, -0.2) is 0 Å². The van der Waals surface area contributed by atoms with Crippen LogP contribution in [0.15, 0.2) is 30.3 Å². The van der Waals surface area contributed by atoms with E-state index in [-0.39, 0.29) is 11.5 Å². The molecule has 1 aromatic rings. The molecule has 0 aliphatic rings. The number of benzene rings is 1. The summed E-state index contributed by atoms with van der Waals surface area (Å²) in [7, 11) is 4.11. The normalized spacial score (nSPS) is 13.8. The van der Waals surface area contributed by atoms with Crippen molar-refractivity contribution in [1.29, 1.82) is 0 Å². The van der Waals surface area contributed by atoms with Crippen LogP contribution in [0.4, 0.5) is 0 Å². The molecule has 94 valence electrons. The fraction of sp³-hybridized carbons (Fsp3) is 0.533.